The number of amides is 3. The first kappa shape index (κ1) is 37.0. The number of carbonyl (C=O) groups is 4. The second-order valence-electron chi connectivity index (χ2n) is 12.1. The smallest absolute Gasteiger partial charge is 0.408 e. The average molecular weight is 689 g/mol. The van der Waals surface area contributed by atoms with Gasteiger partial charge in [0, 0.05) is 24.4 Å². The van der Waals surface area contributed by atoms with Gasteiger partial charge >= 0.3 is 12.1 Å². The zero-order chi connectivity index (χ0) is 35.2. The molecule has 0 saturated carbocycles. The number of fused-ring (bicyclic) bond motifs is 1. The van der Waals surface area contributed by atoms with Crippen LogP contribution >= 0.6 is 11.3 Å². The van der Waals surface area contributed by atoms with Crippen LogP contribution in [0, 0.1) is 5.92 Å². The summed E-state index contributed by atoms with van der Waals surface area (Å²) in [5.74, 6) is -1.67. The maximum Gasteiger partial charge on any atom is 0.408 e. The Morgan fingerprint density at radius 2 is 1.53 bits per heavy atom. The monoisotopic (exact) mass is 688 g/mol. The Balaban J connectivity index is 1.57. The van der Waals surface area contributed by atoms with E-state index in [-0.39, 0.29) is 38.4 Å². The van der Waals surface area contributed by atoms with E-state index in [9.17, 15) is 24.3 Å². The van der Waals surface area contributed by atoms with Gasteiger partial charge in [0.25, 0.3) is 0 Å². The SMILES string of the molecule is CCOC(=O)C[C@H](O)[C@H](CC(C)C)NC(=O)C(Cc1nccs1)NC(=O)[C@H](Cc1cccc2ccccc12)NC(=O)OCc1ccccc1. The molecule has 0 saturated heterocycles. The first-order chi connectivity index (χ1) is 23.6. The number of alkyl carbamates (subject to hydrolysis) is 1. The molecule has 0 fully saturated rings. The van der Waals surface area contributed by atoms with Crippen molar-refractivity contribution >= 4 is 46.0 Å². The molecule has 49 heavy (non-hydrogen) atoms. The number of carbonyl (C=O) groups excluding carboxylic acids is 4. The van der Waals surface area contributed by atoms with Crippen LogP contribution in [0.2, 0.25) is 0 Å². The van der Waals surface area contributed by atoms with Gasteiger partial charge in [0.2, 0.25) is 11.8 Å². The van der Waals surface area contributed by atoms with Crippen LogP contribution in [0.1, 0.15) is 49.7 Å². The van der Waals surface area contributed by atoms with E-state index in [1.807, 2.05) is 86.6 Å². The molecule has 4 atom stereocenters. The molecular weight excluding hydrogens is 644 g/mol. The van der Waals surface area contributed by atoms with Crippen LogP contribution in [0.3, 0.4) is 0 Å². The van der Waals surface area contributed by atoms with Crippen LogP contribution in [0.4, 0.5) is 4.79 Å². The van der Waals surface area contributed by atoms with Crippen molar-refractivity contribution in [1.29, 1.82) is 0 Å². The van der Waals surface area contributed by atoms with Crippen LogP contribution in [0.5, 0.6) is 0 Å². The molecule has 0 aliphatic heterocycles. The summed E-state index contributed by atoms with van der Waals surface area (Å²) in [5, 5.41) is 23.6. The molecular formula is C37H44N4O7S. The Kier molecular flexibility index (Phi) is 14.1. The minimum atomic E-state index is -1.21. The first-order valence-electron chi connectivity index (χ1n) is 16.4. The van der Waals surface area contributed by atoms with Crippen molar-refractivity contribution in [1.82, 2.24) is 20.9 Å². The normalized spacial score (nSPS) is 13.6. The predicted molar refractivity (Wildman–Crippen MR) is 188 cm³/mol. The van der Waals surface area contributed by atoms with Crippen LogP contribution in [0.25, 0.3) is 10.8 Å². The van der Waals surface area contributed by atoms with E-state index in [0.717, 1.165) is 21.9 Å². The minimum absolute atomic E-state index is 0.00965. The van der Waals surface area contributed by atoms with E-state index in [0.29, 0.717) is 11.4 Å². The molecule has 1 heterocycles. The van der Waals surface area contributed by atoms with Gasteiger partial charge in [0.1, 0.15) is 18.7 Å². The number of hydrogen-bond acceptors (Lipinski definition) is 9. The number of rotatable bonds is 17. The lowest BCUT2D eigenvalue weighted by atomic mass is 9.96. The van der Waals surface area contributed by atoms with Crippen molar-refractivity contribution in [2.75, 3.05) is 6.61 Å². The third-order valence-electron chi connectivity index (χ3n) is 7.82. The molecule has 4 N–H and O–H groups in total. The molecule has 11 nitrogen and oxygen atoms in total. The van der Waals surface area contributed by atoms with E-state index in [1.54, 1.807) is 18.5 Å². The summed E-state index contributed by atoms with van der Waals surface area (Å²) < 4.78 is 10.5. The number of esters is 1. The van der Waals surface area contributed by atoms with Gasteiger partial charge in [-0.15, -0.1) is 11.3 Å². The van der Waals surface area contributed by atoms with E-state index in [2.05, 4.69) is 20.9 Å². The molecule has 1 aromatic heterocycles. The molecule has 4 aromatic rings. The maximum absolute atomic E-state index is 14.1. The number of aliphatic hydroxyl groups excluding tert-OH is 1. The molecule has 0 bridgehead atoms. The zero-order valence-electron chi connectivity index (χ0n) is 28.0. The van der Waals surface area contributed by atoms with Crippen LogP contribution in [0.15, 0.2) is 84.4 Å². The van der Waals surface area contributed by atoms with E-state index in [1.165, 1.54) is 11.3 Å². The molecule has 12 heteroatoms. The highest BCUT2D eigenvalue weighted by Crippen LogP contribution is 2.20. The highest BCUT2D eigenvalue weighted by Gasteiger charge is 2.32. The Morgan fingerprint density at radius 1 is 0.837 bits per heavy atom. The van der Waals surface area contributed by atoms with Crippen molar-refractivity contribution in [3.05, 3.63) is 101 Å². The third kappa shape index (κ3) is 11.7. The lowest BCUT2D eigenvalue weighted by Crippen LogP contribution is -2.57. The van der Waals surface area contributed by atoms with Gasteiger partial charge in [-0.1, -0.05) is 86.6 Å². The molecule has 0 aliphatic rings. The lowest BCUT2D eigenvalue weighted by molar-refractivity contribution is -0.146. The summed E-state index contributed by atoms with van der Waals surface area (Å²) in [4.78, 5) is 57.4. The second kappa shape index (κ2) is 18.7. The molecule has 0 aliphatic carbocycles. The number of aliphatic hydroxyl groups is 1. The number of aromatic nitrogens is 1. The van der Waals surface area contributed by atoms with Gasteiger partial charge in [0.05, 0.1) is 30.2 Å². The molecule has 0 spiro atoms. The quantitative estimate of drug-likeness (QED) is 0.116. The van der Waals surface area contributed by atoms with E-state index in [4.69, 9.17) is 9.47 Å². The molecule has 4 rings (SSSR count). The number of nitrogens with zero attached hydrogens (tertiary/aromatic N) is 1. The van der Waals surface area contributed by atoms with Gasteiger partial charge < -0.3 is 30.5 Å². The number of ether oxygens (including phenoxy) is 2. The molecule has 3 aromatic carbocycles. The number of benzene rings is 3. The summed E-state index contributed by atoms with van der Waals surface area (Å²) in [6, 6.07) is 19.7. The standard InChI is InChI=1S/C37H44N4O7S/c1-4-47-34(43)22-32(42)29(19-24(2)3)39-36(45)31(21-33-38-17-18-49-33)40-35(44)30(41-37(46)48-23-25-11-6-5-7-12-25)20-27-15-10-14-26-13-8-9-16-28(26)27/h5-18,24,29-32,42H,4,19-23H2,1-3H3,(H,39,45)(H,40,44)(H,41,46)/t29-,30-,31?,32-/m0/s1. The number of thiazole rings is 1. The molecule has 0 radical (unpaired) electrons. The molecule has 260 valence electrons. The van der Waals surface area contributed by atoms with Crippen molar-refractivity contribution < 1.29 is 33.8 Å². The summed E-state index contributed by atoms with van der Waals surface area (Å²) in [6.07, 6.45) is -0.120. The summed E-state index contributed by atoms with van der Waals surface area (Å²) in [6.45, 7) is 5.73. The van der Waals surface area contributed by atoms with Gasteiger partial charge in [-0.05, 0) is 41.2 Å². The zero-order valence-corrected chi connectivity index (χ0v) is 28.8. The van der Waals surface area contributed by atoms with Crippen molar-refractivity contribution in [2.45, 2.75) is 77.3 Å². The molecule has 3 amide bonds. The third-order valence-corrected chi connectivity index (χ3v) is 8.62. The highest BCUT2D eigenvalue weighted by molar-refractivity contribution is 7.09. The maximum atomic E-state index is 14.1. The van der Waals surface area contributed by atoms with Crippen molar-refractivity contribution in [2.24, 2.45) is 5.92 Å². The lowest BCUT2D eigenvalue weighted by Gasteiger charge is -2.28. The van der Waals surface area contributed by atoms with Gasteiger partial charge in [-0.2, -0.15) is 0 Å². The van der Waals surface area contributed by atoms with Gasteiger partial charge in [-0.3, -0.25) is 14.4 Å². The Hall–Kier alpha value is -4.81. The van der Waals surface area contributed by atoms with Gasteiger partial charge in [-0.25, -0.2) is 9.78 Å². The second-order valence-corrected chi connectivity index (χ2v) is 13.1. The summed E-state index contributed by atoms with van der Waals surface area (Å²) >= 11 is 1.33. The fraction of sp³-hybridized carbons (Fsp3) is 0.378. The van der Waals surface area contributed by atoms with Crippen LogP contribution < -0.4 is 16.0 Å². The first-order valence-corrected chi connectivity index (χ1v) is 17.3. The Morgan fingerprint density at radius 3 is 2.24 bits per heavy atom. The fourth-order valence-electron chi connectivity index (χ4n) is 5.45. The van der Waals surface area contributed by atoms with E-state index < -0.39 is 48.1 Å². The molecule has 1 unspecified atom stereocenters. The van der Waals surface area contributed by atoms with Crippen molar-refractivity contribution in [3.8, 4) is 0 Å². The Bertz CT molecular complexity index is 1660. The predicted octanol–water partition coefficient (Wildman–Crippen LogP) is 4.71. The topological polar surface area (TPSA) is 156 Å². The van der Waals surface area contributed by atoms with Crippen LogP contribution in [-0.4, -0.2) is 64.8 Å². The number of hydrogen-bond donors (Lipinski definition) is 4. The Labute approximate surface area is 290 Å². The average Bonchev–Trinajstić information content (AvgIpc) is 3.60. The fourth-order valence-corrected chi connectivity index (χ4v) is 6.12. The minimum Gasteiger partial charge on any atom is -0.466 e. The van der Waals surface area contributed by atoms with Crippen molar-refractivity contribution in [3.63, 3.8) is 0 Å². The highest BCUT2D eigenvalue weighted by atomic mass is 32.1. The van der Waals surface area contributed by atoms with E-state index >= 15 is 0 Å². The summed E-state index contributed by atoms with van der Waals surface area (Å²) in [5.41, 5.74) is 1.61. The number of nitrogens with one attached hydrogen (secondary N) is 3. The van der Waals surface area contributed by atoms with Gasteiger partial charge in [0.15, 0.2) is 0 Å². The van der Waals surface area contributed by atoms with Crippen LogP contribution in [-0.2, 0) is 43.3 Å². The summed E-state index contributed by atoms with van der Waals surface area (Å²) in [7, 11) is 0. The largest absolute Gasteiger partial charge is 0.466 e.